The summed E-state index contributed by atoms with van der Waals surface area (Å²) in [5, 5.41) is 4.01. The van der Waals surface area contributed by atoms with Crippen LogP contribution < -0.4 is 5.32 Å². The number of carbonyl (C=O) groups excluding carboxylic acids is 1. The van der Waals surface area contributed by atoms with E-state index in [2.05, 4.69) is 27.8 Å². The van der Waals surface area contributed by atoms with E-state index in [9.17, 15) is 9.18 Å². The van der Waals surface area contributed by atoms with E-state index in [1.54, 1.807) is 12.1 Å². The Balaban J connectivity index is 1.26. The van der Waals surface area contributed by atoms with Gasteiger partial charge in [0.15, 0.2) is 5.16 Å². The fraction of sp³-hybridized carbons (Fsp3) is 0.355. The predicted octanol–water partition coefficient (Wildman–Crippen LogP) is 7.73. The smallest absolute Gasteiger partial charge is 0.237 e. The zero-order chi connectivity index (χ0) is 27.5. The van der Waals surface area contributed by atoms with Gasteiger partial charge in [0.2, 0.25) is 5.91 Å². The summed E-state index contributed by atoms with van der Waals surface area (Å²) in [5.41, 5.74) is 4.85. The van der Waals surface area contributed by atoms with Gasteiger partial charge in [-0.05, 0) is 100 Å². The van der Waals surface area contributed by atoms with E-state index in [-0.39, 0.29) is 23.0 Å². The molecule has 1 aromatic heterocycles. The van der Waals surface area contributed by atoms with Crippen molar-refractivity contribution in [1.82, 2.24) is 14.5 Å². The lowest BCUT2D eigenvalue weighted by atomic mass is 9.94. The van der Waals surface area contributed by atoms with Crippen molar-refractivity contribution < 1.29 is 9.18 Å². The lowest BCUT2D eigenvalue weighted by molar-refractivity contribution is -0.115. The maximum Gasteiger partial charge on any atom is 0.237 e. The molecule has 2 heterocycles. The first kappa shape index (κ1) is 27.7. The van der Waals surface area contributed by atoms with Crippen LogP contribution in [-0.2, 0) is 11.3 Å². The minimum atomic E-state index is -0.351. The molecule has 4 aromatic rings. The van der Waals surface area contributed by atoms with Crippen LogP contribution in [0.25, 0.3) is 11.0 Å². The number of nitrogens with one attached hydrogen (secondary N) is 1. The molecule has 2 atom stereocenters. The number of rotatable bonds is 8. The third-order valence-corrected chi connectivity index (χ3v) is 9.05. The molecule has 1 aliphatic heterocycles. The number of imidazole rings is 1. The van der Waals surface area contributed by atoms with E-state index in [1.165, 1.54) is 11.8 Å². The molecule has 5 rings (SSSR count). The standard InChI is InChI=1S/C31H34ClFN4OS/c1-20-8-13-27(26(32)18-20)34-30(38)22(3)39-31-35-28-6-4-5-7-29(28)37(31)19-23-14-16-36(17-15-23)21(2)24-9-11-25(33)12-10-24/h4-13,18,21-23H,14-17,19H2,1-3H3,(H,34,38). The third kappa shape index (κ3) is 6.48. The van der Waals surface area contributed by atoms with Gasteiger partial charge in [-0.2, -0.15) is 0 Å². The molecule has 1 saturated heterocycles. The average molecular weight is 565 g/mol. The summed E-state index contributed by atoms with van der Waals surface area (Å²) in [6.07, 6.45) is 2.15. The van der Waals surface area contributed by atoms with Gasteiger partial charge in [-0.25, -0.2) is 9.37 Å². The highest BCUT2D eigenvalue weighted by molar-refractivity contribution is 8.00. The molecular formula is C31H34ClFN4OS. The highest BCUT2D eigenvalue weighted by Crippen LogP contribution is 2.33. The largest absolute Gasteiger partial charge is 0.324 e. The van der Waals surface area contributed by atoms with Crippen LogP contribution in [0.2, 0.25) is 5.02 Å². The normalized spacial score (nSPS) is 16.3. The Morgan fingerprint density at radius 2 is 1.82 bits per heavy atom. The van der Waals surface area contributed by atoms with Crippen molar-refractivity contribution >= 4 is 46.0 Å². The Labute approximate surface area is 238 Å². The Hall–Kier alpha value is -2.87. The molecule has 8 heteroatoms. The van der Waals surface area contributed by atoms with E-state index in [0.717, 1.165) is 59.8 Å². The molecule has 0 aliphatic carbocycles. The molecule has 0 saturated carbocycles. The first-order chi connectivity index (χ1) is 18.8. The average Bonchev–Trinajstić information content (AvgIpc) is 3.27. The molecule has 204 valence electrons. The fourth-order valence-electron chi connectivity index (χ4n) is 5.22. The quantitative estimate of drug-likeness (QED) is 0.222. The number of benzene rings is 3. The van der Waals surface area contributed by atoms with E-state index >= 15 is 0 Å². The number of aryl methyl sites for hydroxylation is 1. The van der Waals surface area contributed by atoms with E-state index in [4.69, 9.17) is 16.6 Å². The second-order valence-corrected chi connectivity index (χ2v) is 12.1. The molecule has 0 bridgehead atoms. The van der Waals surface area contributed by atoms with Crippen molar-refractivity contribution in [1.29, 1.82) is 0 Å². The summed E-state index contributed by atoms with van der Waals surface area (Å²) < 4.78 is 15.7. The maximum absolute atomic E-state index is 13.4. The summed E-state index contributed by atoms with van der Waals surface area (Å²) in [4.78, 5) is 20.4. The van der Waals surface area contributed by atoms with Gasteiger partial charge >= 0.3 is 0 Å². The van der Waals surface area contributed by atoms with Crippen LogP contribution in [-0.4, -0.2) is 38.7 Å². The van der Waals surface area contributed by atoms with Crippen molar-refractivity contribution in [3.05, 3.63) is 88.7 Å². The molecule has 3 aromatic carbocycles. The summed E-state index contributed by atoms with van der Waals surface area (Å²) >= 11 is 7.82. The van der Waals surface area contributed by atoms with Gasteiger partial charge in [-0.15, -0.1) is 0 Å². The number of anilines is 1. The van der Waals surface area contributed by atoms with Crippen LogP contribution in [0, 0.1) is 18.7 Å². The number of thioether (sulfide) groups is 1. The topological polar surface area (TPSA) is 50.2 Å². The van der Waals surface area contributed by atoms with Crippen molar-refractivity contribution in [3.63, 3.8) is 0 Å². The Morgan fingerprint density at radius 1 is 1.10 bits per heavy atom. The Kier molecular flexibility index (Phi) is 8.60. The third-order valence-electron chi connectivity index (χ3n) is 7.64. The number of para-hydroxylation sites is 2. The monoisotopic (exact) mass is 564 g/mol. The fourth-order valence-corrected chi connectivity index (χ4v) is 6.44. The number of fused-ring (bicyclic) bond motifs is 1. The minimum Gasteiger partial charge on any atom is -0.324 e. The zero-order valence-corrected chi connectivity index (χ0v) is 24.1. The SMILES string of the molecule is Cc1ccc(NC(=O)C(C)Sc2nc3ccccc3n2CC2CCN(C(C)c3ccc(F)cc3)CC2)c(Cl)c1. The molecule has 0 spiro atoms. The van der Waals surface area contributed by atoms with E-state index < -0.39 is 0 Å². The highest BCUT2D eigenvalue weighted by Gasteiger charge is 2.26. The number of halogens is 2. The van der Waals surface area contributed by atoms with Gasteiger partial charge in [-0.3, -0.25) is 9.69 Å². The van der Waals surface area contributed by atoms with Crippen LogP contribution in [0.15, 0.2) is 71.9 Å². The summed E-state index contributed by atoms with van der Waals surface area (Å²) in [6, 6.07) is 20.9. The number of amides is 1. The molecule has 1 amide bonds. The second kappa shape index (κ2) is 12.1. The van der Waals surface area contributed by atoms with Gasteiger partial charge in [0.1, 0.15) is 5.82 Å². The Morgan fingerprint density at radius 3 is 2.54 bits per heavy atom. The van der Waals surface area contributed by atoms with Crippen molar-refractivity contribution in [2.45, 2.75) is 56.6 Å². The van der Waals surface area contributed by atoms with Crippen molar-refractivity contribution in [3.8, 4) is 0 Å². The van der Waals surface area contributed by atoms with Gasteiger partial charge in [0.05, 0.1) is 27.0 Å². The van der Waals surface area contributed by atoms with E-state index in [1.807, 2.05) is 62.4 Å². The lowest BCUT2D eigenvalue weighted by Gasteiger charge is -2.36. The lowest BCUT2D eigenvalue weighted by Crippen LogP contribution is -2.36. The first-order valence-corrected chi connectivity index (χ1v) is 14.7. The second-order valence-electron chi connectivity index (χ2n) is 10.4. The number of hydrogen-bond acceptors (Lipinski definition) is 4. The van der Waals surface area contributed by atoms with Gasteiger partial charge in [-0.1, -0.05) is 53.7 Å². The van der Waals surface area contributed by atoms with Crippen molar-refractivity contribution in [2.24, 2.45) is 5.92 Å². The van der Waals surface area contributed by atoms with E-state index in [0.29, 0.717) is 16.6 Å². The number of nitrogens with zero attached hydrogens (tertiary/aromatic N) is 3. The van der Waals surface area contributed by atoms with Gasteiger partial charge < -0.3 is 9.88 Å². The van der Waals surface area contributed by atoms with Gasteiger partial charge in [0.25, 0.3) is 0 Å². The van der Waals surface area contributed by atoms with Crippen LogP contribution in [0.5, 0.6) is 0 Å². The van der Waals surface area contributed by atoms with Crippen molar-refractivity contribution in [2.75, 3.05) is 18.4 Å². The minimum absolute atomic E-state index is 0.104. The predicted molar refractivity (Wildman–Crippen MR) is 159 cm³/mol. The van der Waals surface area contributed by atoms with Crippen LogP contribution in [0.4, 0.5) is 10.1 Å². The summed E-state index contributed by atoms with van der Waals surface area (Å²) in [7, 11) is 0. The van der Waals surface area contributed by atoms with Crippen LogP contribution >= 0.6 is 23.4 Å². The molecule has 39 heavy (non-hydrogen) atoms. The molecule has 1 fully saturated rings. The number of carbonyl (C=O) groups is 1. The maximum atomic E-state index is 13.4. The molecular weight excluding hydrogens is 531 g/mol. The molecule has 2 unspecified atom stereocenters. The number of hydrogen-bond donors (Lipinski definition) is 1. The van der Waals surface area contributed by atoms with Crippen LogP contribution in [0.3, 0.4) is 0 Å². The Bertz CT molecular complexity index is 1450. The molecule has 1 aliphatic rings. The molecule has 0 radical (unpaired) electrons. The molecule has 5 nitrogen and oxygen atoms in total. The highest BCUT2D eigenvalue weighted by atomic mass is 35.5. The van der Waals surface area contributed by atoms with Gasteiger partial charge in [0, 0.05) is 12.6 Å². The molecule has 1 N–H and O–H groups in total. The number of aromatic nitrogens is 2. The number of piperidine rings is 1. The summed E-state index contributed by atoms with van der Waals surface area (Å²) in [5.74, 6) is 0.207. The van der Waals surface area contributed by atoms with Crippen LogP contribution in [0.1, 0.15) is 43.9 Å². The summed E-state index contributed by atoms with van der Waals surface area (Å²) in [6.45, 7) is 8.92. The number of likely N-dealkylation sites (tertiary alicyclic amines) is 1. The zero-order valence-electron chi connectivity index (χ0n) is 22.5. The first-order valence-electron chi connectivity index (χ1n) is 13.5.